The van der Waals surface area contributed by atoms with Gasteiger partial charge < -0.3 is 24.1 Å². The molecule has 1 N–H and O–H groups in total. The van der Waals surface area contributed by atoms with Crippen molar-refractivity contribution in [3.63, 3.8) is 0 Å². The zero-order chi connectivity index (χ0) is 29.1. The fraction of sp³-hybridized carbons (Fsp3) is 0.179. The summed E-state index contributed by atoms with van der Waals surface area (Å²) in [5, 5.41) is 9.18. The molecule has 0 amide bonds. The van der Waals surface area contributed by atoms with E-state index in [0.29, 0.717) is 29.9 Å². The number of rotatable bonds is 14. The zero-order valence-corrected chi connectivity index (χ0v) is 20.6. The van der Waals surface area contributed by atoms with Crippen molar-refractivity contribution in [1.82, 2.24) is 0 Å². The Balaban J connectivity index is 1.56. The summed E-state index contributed by atoms with van der Waals surface area (Å²) in [6.07, 6.45) is -4.60. The predicted octanol–water partition coefficient (Wildman–Crippen LogP) is 7.38. The van der Waals surface area contributed by atoms with Gasteiger partial charge >= 0.3 is 30.2 Å². The molecule has 0 aromatic heterocycles. The second kappa shape index (κ2) is 14.5. The Morgan fingerprint density at radius 2 is 0.975 bits per heavy atom. The fourth-order valence-electron chi connectivity index (χ4n) is 3.38. The van der Waals surface area contributed by atoms with Crippen LogP contribution in [-0.2, 0) is 24.1 Å². The van der Waals surface area contributed by atoms with Gasteiger partial charge in [0.2, 0.25) is 0 Å². The molecule has 3 rings (SSSR count). The predicted molar refractivity (Wildman–Crippen MR) is 131 cm³/mol. The molecule has 40 heavy (non-hydrogen) atoms. The quantitative estimate of drug-likeness (QED) is 0.162. The molecule has 3 aromatic rings. The molecule has 0 radical (unpaired) electrons. The van der Waals surface area contributed by atoms with Crippen LogP contribution in [0.25, 0.3) is 0 Å². The molecular formula is C28H22F6O6. The van der Waals surface area contributed by atoms with E-state index in [9.17, 15) is 36.2 Å². The number of benzene rings is 3. The van der Waals surface area contributed by atoms with Crippen LogP contribution in [0, 0.1) is 0 Å². The van der Waals surface area contributed by atoms with E-state index in [0.717, 1.165) is 11.1 Å². The van der Waals surface area contributed by atoms with Gasteiger partial charge in [0.1, 0.15) is 23.0 Å². The molecule has 0 saturated heterocycles. The van der Waals surface area contributed by atoms with Crippen molar-refractivity contribution < 1.29 is 55.2 Å². The summed E-state index contributed by atoms with van der Waals surface area (Å²) in [5.41, 5.74) is 1.94. The summed E-state index contributed by atoms with van der Waals surface area (Å²) in [5.74, 6) is -0.529. The van der Waals surface area contributed by atoms with Crippen molar-refractivity contribution in [2.75, 3.05) is 13.2 Å². The molecule has 0 saturated carbocycles. The average molecular weight is 568 g/mol. The largest absolute Gasteiger partial charge is 0.493 e. The highest BCUT2D eigenvalue weighted by Gasteiger charge is 2.10. The summed E-state index contributed by atoms with van der Waals surface area (Å²) in [4.78, 5) is 11.2. The van der Waals surface area contributed by atoms with Crippen LogP contribution in [0.3, 0.4) is 0 Å². The Morgan fingerprint density at radius 3 is 1.32 bits per heavy atom. The highest BCUT2D eigenvalue weighted by Crippen LogP contribution is 2.25. The number of carboxylic acids is 1. The number of hydrogen-bond acceptors (Lipinski definition) is 5. The lowest BCUT2D eigenvalue weighted by atomic mass is 10.1. The molecule has 0 aliphatic rings. The van der Waals surface area contributed by atoms with E-state index >= 15 is 0 Å². The van der Waals surface area contributed by atoms with Crippen LogP contribution < -0.4 is 18.9 Å². The number of carbonyl (C=O) groups is 1. The number of ether oxygens (including phenoxy) is 4. The van der Waals surface area contributed by atoms with Crippen molar-refractivity contribution in [2.24, 2.45) is 0 Å². The van der Waals surface area contributed by atoms with Crippen LogP contribution in [0.5, 0.6) is 23.0 Å². The average Bonchev–Trinajstić information content (AvgIpc) is 2.90. The highest BCUT2D eigenvalue weighted by atomic mass is 19.3. The topological polar surface area (TPSA) is 74.2 Å². The summed E-state index contributed by atoms with van der Waals surface area (Å²) in [6, 6.07) is 12.3. The third-order valence-corrected chi connectivity index (χ3v) is 5.17. The van der Waals surface area contributed by atoms with E-state index in [1.165, 1.54) is 24.3 Å². The lowest BCUT2D eigenvalue weighted by molar-refractivity contribution is -0.136. The lowest BCUT2D eigenvalue weighted by Gasteiger charge is -2.12. The molecule has 12 heteroatoms. The molecule has 0 aliphatic carbocycles. The number of halogens is 6. The minimum absolute atomic E-state index is 0.0966. The zero-order valence-electron chi connectivity index (χ0n) is 20.6. The molecule has 0 heterocycles. The van der Waals surface area contributed by atoms with Gasteiger partial charge in [-0.2, -0.15) is 26.3 Å². The van der Waals surface area contributed by atoms with Gasteiger partial charge in [-0.15, -0.1) is 0 Å². The maximum atomic E-state index is 12.9. The Kier molecular flexibility index (Phi) is 10.9. The van der Waals surface area contributed by atoms with Gasteiger partial charge in [0, 0.05) is 18.9 Å². The lowest BCUT2D eigenvalue weighted by Crippen LogP contribution is -2.06. The van der Waals surface area contributed by atoms with Crippen molar-refractivity contribution in [1.29, 1.82) is 0 Å². The molecule has 0 unspecified atom stereocenters. The van der Waals surface area contributed by atoms with E-state index in [2.05, 4.69) is 9.47 Å². The second-order valence-corrected chi connectivity index (χ2v) is 8.14. The van der Waals surface area contributed by atoms with Crippen LogP contribution in [0.1, 0.15) is 16.7 Å². The fourth-order valence-corrected chi connectivity index (χ4v) is 3.38. The number of aliphatic carboxylic acids is 1. The van der Waals surface area contributed by atoms with Gasteiger partial charge in [-0.1, -0.05) is 24.3 Å². The molecule has 0 aliphatic heterocycles. The van der Waals surface area contributed by atoms with Gasteiger partial charge in [0.05, 0.1) is 19.6 Å². The van der Waals surface area contributed by atoms with Crippen LogP contribution in [0.15, 0.2) is 90.9 Å². The van der Waals surface area contributed by atoms with E-state index < -0.39 is 30.2 Å². The van der Waals surface area contributed by atoms with Gasteiger partial charge in [0.25, 0.3) is 0 Å². The van der Waals surface area contributed by atoms with Gasteiger partial charge in [-0.25, -0.2) is 0 Å². The first kappa shape index (κ1) is 29.9. The smallest absolute Gasteiger partial charge is 0.344 e. The highest BCUT2D eigenvalue weighted by molar-refractivity contribution is 5.70. The molecule has 0 atom stereocenters. The standard InChI is InChI=1S/C28H22F6O6/c29-25(30)27(33)39-20-5-1-17(2-6-20)9-11-37-22-13-19(15-24(35)36)14-23(16-22)38-12-10-18-3-7-21(8-4-18)40-28(34)26(31)32/h1-8,13-14,16H,9-12,15H2,(H,35,36). The summed E-state index contributed by atoms with van der Waals surface area (Å²) in [7, 11) is 0. The van der Waals surface area contributed by atoms with Crippen molar-refractivity contribution in [3.05, 3.63) is 108 Å². The van der Waals surface area contributed by atoms with Crippen molar-refractivity contribution in [2.45, 2.75) is 19.3 Å². The monoisotopic (exact) mass is 568 g/mol. The number of carboxylic acid groups (broad SMARTS) is 1. The Hall–Kier alpha value is -4.61. The summed E-state index contributed by atoms with van der Waals surface area (Å²) in [6.45, 7) is 0.361. The van der Waals surface area contributed by atoms with E-state index in [4.69, 9.17) is 9.47 Å². The summed E-state index contributed by atoms with van der Waals surface area (Å²) < 4.78 is 94.6. The molecule has 0 bridgehead atoms. The van der Waals surface area contributed by atoms with E-state index in [1.54, 1.807) is 42.5 Å². The van der Waals surface area contributed by atoms with Crippen molar-refractivity contribution in [3.8, 4) is 23.0 Å². The first-order chi connectivity index (χ1) is 19.1. The van der Waals surface area contributed by atoms with Crippen LogP contribution in [0.2, 0.25) is 0 Å². The Bertz CT molecular complexity index is 1250. The Morgan fingerprint density at radius 1 is 0.575 bits per heavy atom. The van der Waals surface area contributed by atoms with E-state index in [1.807, 2.05) is 0 Å². The van der Waals surface area contributed by atoms with Crippen LogP contribution >= 0.6 is 0 Å². The normalized spacial score (nSPS) is 10.4. The van der Waals surface area contributed by atoms with Crippen molar-refractivity contribution >= 4 is 5.97 Å². The number of hydrogen-bond donors (Lipinski definition) is 1. The van der Waals surface area contributed by atoms with Crippen LogP contribution in [0.4, 0.5) is 26.3 Å². The third kappa shape index (κ3) is 9.93. The maximum Gasteiger partial charge on any atom is 0.344 e. The SMILES string of the molecule is O=C(O)Cc1cc(OCCc2ccc(OC(F)=C(F)F)cc2)cc(OCCc2ccc(OC(F)=C(F)F)cc2)c1. The van der Waals surface area contributed by atoms with Crippen LogP contribution in [-0.4, -0.2) is 24.3 Å². The van der Waals surface area contributed by atoms with Gasteiger partial charge in [-0.05, 0) is 53.1 Å². The molecule has 212 valence electrons. The molecule has 6 nitrogen and oxygen atoms in total. The van der Waals surface area contributed by atoms with E-state index in [-0.39, 0.29) is 31.1 Å². The minimum atomic E-state index is -2.56. The Labute approximate surface area is 224 Å². The van der Waals surface area contributed by atoms with Gasteiger partial charge in [-0.3, -0.25) is 4.79 Å². The maximum absolute atomic E-state index is 12.9. The molecular weight excluding hydrogens is 546 g/mol. The van der Waals surface area contributed by atoms with Gasteiger partial charge in [0.15, 0.2) is 0 Å². The first-order valence-corrected chi connectivity index (χ1v) is 11.7. The third-order valence-electron chi connectivity index (χ3n) is 5.17. The second-order valence-electron chi connectivity index (χ2n) is 8.14. The minimum Gasteiger partial charge on any atom is -0.493 e. The molecule has 3 aromatic carbocycles. The molecule has 0 spiro atoms. The molecule has 0 fully saturated rings. The summed E-state index contributed by atoms with van der Waals surface area (Å²) >= 11 is 0. The first-order valence-electron chi connectivity index (χ1n) is 11.7.